The second-order valence-corrected chi connectivity index (χ2v) is 6.55. The number of carbonyl (C=O) groups is 1. The van der Waals surface area contributed by atoms with Crippen molar-refractivity contribution in [3.8, 4) is 0 Å². The van der Waals surface area contributed by atoms with Gasteiger partial charge in [-0.25, -0.2) is 0 Å². The Hall–Kier alpha value is -0.610. The van der Waals surface area contributed by atoms with E-state index in [4.69, 9.17) is 0 Å². The first kappa shape index (κ1) is 15.4. The minimum atomic E-state index is 0.0857. The summed E-state index contributed by atoms with van der Waals surface area (Å²) in [5, 5.41) is 6.49. The molecule has 1 amide bonds. The Balaban J connectivity index is 2.20. The van der Waals surface area contributed by atoms with Gasteiger partial charge in [0, 0.05) is 37.1 Å². The molecule has 18 heavy (non-hydrogen) atoms. The SMILES string of the molecule is CC1CC(NC(=O)CCNC(C)(C)C)CCN1C. The maximum atomic E-state index is 11.8. The zero-order valence-corrected chi connectivity index (χ0v) is 12.5. The average Bonchev–Trinajstić information content (AvgIpc) is 2.21. The number of nitrogens with one attached hydrogen (secondary N) is 2. The van der Waals surface area contributed by atoms with Gasteiger partial charge in [0.15, 0.2) is 0 Å². The zero-order chi connectivity index (χ0) is 13.8. The Kier molecular flexibility index (Phi) is 5.60. The van der Waals surface area contributed by atoms with E-state index >= 15 is 0 Å². The molecule has 0 radical (unpaired) electrons. The van der Waals surface area contributed by atoms with Crippen molar-refractivity contribution in [2.45, 2.75) is 64.6 Å². The molecule has 1 heterocycles. The van der Waals surface area contributed by atoms with E-state index in [1.54, 1.807) is 0 Å². The van der Waals surface area contributed by atoms with Crippen LogP contribution < -0.4 is 10.6 Å². The van der Waals surface area contributed by atoms with Gasteiger partial charge in [0.2, 0.25) is 5.91 Å². The lowest BCUT2D eigenvalue weighted by molar-refractivity contribution is -0.122. The van der Waals surface area contributed by atoms with E-state index in [1.807, 2.05) is 0 Å². The molecule has 106 valence electrons. The van der Waals surface area contributed by atoms with E-state index in [0.29, 0.717) is 18.5 Å². The molecule has 1 saturated heterocycles. The van der Waals surface area contributed by atoms with Crippen molar-refractivity contribution in [2.24, 2.45) is 0 Å². The number of rotatable bonds is 4. The Morgan fingerprint density at radius 2 is 2.06 bits per heavy atom. The number of hydrogen-bond donors (Lipinski definition) is 2. The lowest BCUT2D eigenvalue weighted by Gasteiger charge is -2.35. The van der Waals surface area contributed by atoms with E-state index in [2.05, 4.69) is 50.3 Å². The van der Waals surface area contributed by atoms with Crippen LogP contribution in [0.15, 0.2) is 0 Å². The minimum Gasteiger partial charge on any atom is -0.353 e. The summed E-state index contributed by atoms with van der Waals surface area (Å²) in [6.07, 6.45) is 2.70. The van der Waals surface area contributed by atoms with Gasteiger partial charge in [0.1, 0.15) is 0 Å². The Morgan fingerprint density at radius 1 is 1.39 bits per heavy atom. The van der Waals surface area contributed by atoms with Crippen molar-refractivity contribution >= 4 is 5.91 Å². The van der Waals surface area contributed by atoms with Gasteiger partial charge in [0.25, 0.3) is 0 Å². The molecule has 1 rings (SSSR count). The number of piperidine rings is 1. The molecule has 4 nitrogen and oxygen atoms in total. The number of likely N-dealkylation sites (tertiary alicyclic amines) is 1. The molecular formula is C14H29N3O. The van der Waals surface area contributed by atoms with Gasteiger partial charge in [-0.1, -0.05) is 0 Å². The van der Waals surface area contributed by atoms with Gasteiger partial charge in [-0.2, -0.15) is 0 Å². The lowest BCUT2D eigenvalue weighted by atomic mass is 9.99. The Labute approximate surface area is 111 Å². The fourth-order valence-electron chi connectivity index (χ4n) is 2.27. The van der Waals surface area contributed by atoms with Crippen LogP contribution in [-0.4, -0.2) is 48.6 Å². The molecule has 0 aliphatic carbocycles. The third kappa shape index (κ3) is 5.83. The quantitative estimate of drug-likeness (QED) is 0.797. The van der Waals surface area contributed by atoms with Crippen molar-refractivity contribution in [2.75, 3.05) is 20.1 Å². The van der Waals surface area contributed by atoms with Gasteiger partial charge in [0.05, 0.1) is 0 Å². The van der Waals surface area contributed by atoms with Crippen molar-refractivity contribution < 1.29 is 4.79 Å². The summed E-state index contributed by atoms with van der Waals surface area (Å²) in [6, 6.07) is 0.926. The second-order valence-electron chi connectivity index (χ2n) is 6.55. The monoisotopic (exact) mass is 255 g/mol. The molecule has 2 atom stereocenters. The Bertz CT molecular complexity index is 273. The fourth-order valence-corrected chi connectivity index (χ4v) is 2.27. The number of amides is 1. The van der Waals surface area contributed by atoms with Crippen LogP contribution in [0.3, 0.4) is 0 Å². The summed E-state index contributed by atoms with van der Waals surface area (Å²) in [6.45, 7) is 10.4. The standard InChI is InChI=1S/C14H29N3O/c1-11-10-12(7-9-17(11)5)16-13(18)6-8-15-14(2,3)4/h11-12,15H,6-10H2,1-5H3,(H,16,18). The van der Waals surface area contributed by atoms with E-state index in [0.717, 1.165) is 25.9 Å². The number of carbonyl (C=O) groups excluding carboxylic acids is 1. The van der Waals surface area contributed by atoms with Crippen molar-refractivity contribution in [3.63, 3.8) is 0 Å². The third-order valence-electron chi connectivity index (χ3n) is 3.58. The summed E-state index contributed by atoms with van der Waals surface area (Å²) in [7, 11) is 2.15. The highest BCUT2D eigenvalue weighted by atomic mass is 16.1. The van der Waals surface area contributed by atoms with Crippen LogP contribution in [0.1, 0.15) is 47.0 Å². The predicted octanol–water partition coefficient (Wildman–Crippen LogP) is 1.36. The summed E-state index contributed by atoms with van der Waals surface area (Å²) in [4.78, 5) is 14.2. The topological polar surface area (TPSA) is 44.4 Å². The predicted molar refractivity (Wildman–Crippen MR) is 75.6 cm³/mol. The van der Waals surface area contributed by atoms with E-state index < -0.39 is 0 Å². The molecule has 0 saturated carbocycles. The molecule has 0 aromatic rings. The fraction of sp³-hybridized carbons (Fsp3) is 0.929. The molecular weight excluding hydrogens is 226 g/mol. The van der Waals surface area contributed by atoms with Crippen molar-refractivity contribution in [1.82, 2.24) is 15.5 Å². The molecule has 1 aliphatic rings. The highest BCUT2D eigenvalue weighted by Gasteiger charge is 2.23. The first-order valence-electron chi connectivity index (χ1n) is 7.02. The zero-order valence-electron chi connectivity index (χ0n) is 12.5. The largest absolute Gasteiger partial charge is 0.353 e. The first-order valence-corrected chi connectivity index (χ1v) is 7.02. The molecule has 4 heteroatoms. The maximum Gasteiger partial charge on any atom is 0.221 e. The second kappa shape index (κ2) is 6.53. The minimum absolute atomic E-state index is 0.0857. The molecule has 2 unspecified atom stereocenters. The van der Waals surface area contributed by atoms with Crippen molar-refractivity contribution in [3.05, 3.63) is 0 Å². The van der Waals surface area contributed by atoms with Gasteiger partial charge in [-0.05, 0) is 47.6 Å². The van der Waals surface area contributed by atoms with Crippen LogP contribution in [0, 0.1) is 0 Å². The van der Waals surface area contributed by atoms with Crippen LogP contribution in [0.4, 0.5) is 0 Å². The average molecular weight is 255 g/mol. The van der Waals surface area contributed by atoms with Gasteiger partial charge < -0.3 is 15.5 Å². The maximum absolute atomic E-state index is 11.8. The number of nitrogens with zero attached hydrogens (tertiary/aromatic N) is 1. The highest BCUT2D eigenvalue weighted by molar-refractivity contribution is 5.76. The van der Waals surface area contributed by atoms with Gasteiger partial charge in [-0.15, -0.1) is 0 Å². The first-order chi connectivity index (χ1) is 8.28. The highest BCUT2D eigenvalue weighted by Crippen LogP contribution is 2.15. The summed E-state index contributed by atoms with van der Waals surface area (Å²) < 4.78 is 0. The van der Waals surface area contributed by atoms with Crippen LogP contribution >= 0.6 is 0 Å². The molecule has 1 fully saturated rings. The molecule has 0 spiro atoms. The normalized spacial score (nSPS) is 26.1. The molecule has 0 aromatic heterocycles. The molecule has 0 aromatic carbocycles. The number of hydrogen-bond acceptors (Lipinski definition) is 3. The van der Waals surface area contributed by atoms with E-state index in [-0.39, 0.29) is 11.4 Å². The smallest absolute Gasteiger partial charge is 0.221 e. The Morgan fingerprint density at radius 3 is 2.61 bits per heavy atom. The van der Waals surface area contributed by atoms with Crippen LogP contribution in [0.2, 0.25) is 0 Å². The summed E-state index contributed by atoms with van der Waals surface area (Å²) in [5.41, 5.74) is 0.0857. The van der Waals surface area contributed by atoms with E-state index in [9.17, 15) is 4.79 Å². The molecule has 1 aliphatic heterocycles. The van der Waals surface area contributed by atoms with Crippen LogP contribution in [0.25, 0.3) is 0 Å². The third-order valence-corrected chi connectivity index (χ3v) is 3.58. The van der Waals surface area contributed by atoms with Gasteiger partial charge >= 0.3 is 0 Å². The van der Waals surface area contributed by atoms with Crippen LogP contribution in [0.5, 0.6) is 0 Å². The van der Waals surface area contributed by atoms with Crippen molar-refractivity contribution in [1.29, 1.82) is 0 Å². The summed E-state index contributed by atoms with van der Waals surface area (Å²) in [5.74, 6) is 0.175. The van der Waals surface area contributed by atoms with E-state index in [1.165, 1.54) is 0 Å². The van der Waals surface area contributed by atoms with Crippen LogP contribution in [-0.2, 0) is 4.79 Å². The lowest BCUT2D eigenvalue weighted by Crippen LogP contribution is -2.48. The molecule has 2 N–H and O–H groups in total. The molecule has 0 bridgehead atoms. The van der Waals surface area contributed by atoms with Gasteiger partial charge in [-0.3, -0.25) is 4.79 Å². The summed E-state index contributed by atoms with van der Waals surface area (Å²) >= 11 is 0.